The smallest absolute Gasteiger partial charge is 0.234 e. The van der Waals surface area contributed by atoms with E-state index in [0.29, 0.717) is 5.16 Å². The van der Waals surface area contributed by atoms with Crippen LogP contribution in [0.3, 0.4) is 0 Å². The average Bonchev–Trinajstić information content (AvgIpc) is 3.06. The molecule has 0 aliphatic rings. The second kappa shape index (κ2) is 7.43. The van der Waals surface area contributed by atoms with E-state index >= 15 is 0 Å². The van der Waals surface area contributed by atoms with Gasteiger partial charge in [0.2, 0.25) is 5.91 Å². The lowest BCUT2D eigenvalue weighted by Gasteiger charge is -2.07. The number of hydrogen-bond donors (Lipinski definition) is 1. The molecule has 0 radical (unpaired) electrons. The number of aryl methyl sites for hydroxylation is 1. The van der Waals surface area contributed by atoms with Crippen LogP contribution < -0.4 is 5.32 Å². The molecule has 0 unspecified atom stereocenters. The monoisotopic (exact) mass is 360 g/mol. The molecule has 8 heteroatoms. The van der Waals surface area contributed by atoms with Gasteiger partial charge in [-0.15, -0.1) is 10.2 Å². The Hall–Kier alpha value is -2.74. The Morgan fingerprint density at radius 3 is 2.64 bits per heavy atom. The highest BCUT2D eigenvalue weighted by Crippen LogP contribution is 2.20. The van der Waals surface area contributed by atoms with Crippen LogP contribution in [0.15, 0.2) is 53.9 Å². The molecule has 1 heterocycles. The van der Waals surface area contributed by atoms with Crippen LogP contribution >= 0.6 is 11.8 Å². The minimum absolute atomic E-state index is 0.0591. The predicted molar refractivity (Wildman–Crippen MR) is 91.8 cm³/mol. The topological polar surface area (TPSA) is 59.8 Å². The van der Waals surface area contributed by atoms with Crippen LogP contribution in [0.5, 0.6) is 0 Å². The molecule has 0 saturated carbocycles. The summed E-state index contributed by atoms with van der Waals surface area (Å²) in [5.74, 6) is -2.26. The molecule has 5 nitrogen and oxygen atoms in total. The fourth-order valence-electron chi connectivity index (χ4n) is 2.11. The quantitative estimate of drug-likeness (QED) is 0.707. The highest BCUT2D eigenvalue weighted by molar-refractivity contribution is 7.99. The molecule has 1 amide bonds. The van der Waals surface area contributed by atoms with Gasteiger partial charge in [-0.05, 0) is 31.2 Å². The van der Waals surface area contributed by atoms with Gasteiger partial charge in [0.15, 0.2) is 16.8 Å². The number of halogens is 2. The van der Waals surface area contributed by atoms with Gasteiger partial charge in [-0.2, -0.15) is 0 Å². The first-order valence-electron chi connectivity index (χ1n) is 7.38. The lowest BCUT2D eigenvalue weighted by Crippen LogP contribution is -2.14. The summed E-state index contributed by atoms with van der Waals surface area (Å²) in [6.07, 6.45) is 1.57. The van der Waals surface area contributed by atoms with Crippen LogP contribution in [0.25, 0.3) is 5.69 Å². The third-order valence-corrected chi connectivity index (χ3v) is 4.31. The zero-order valence-corrected chi connectivity index (χ0v) is 14.1. The summed E-state index contributed by atoms with van der Waals surface area (Å²) in [5, 5.41) is 11.0. The fourth-order valence-corrected chi connectivity index (χ4v) is 2.84. The van der Waals surface area contributed by atoms with Gasteiger partial charge in [-0.25, -0.2) is 8.78 Å². The maximum absolute atomic E-state index is 13.2. The van der Waals surface area contributed by atoms with E-state index in [9.17, 15) is 13.6 Å². The summed E-state index contributed by atoms with van der Waals surface area (Å²) in [6.45, 7) is 1.99. The van der Waals surface area contributed by atoms with E-state index in [4.69, 9.17) is 0 Å². The largest absolute Gasteiger partial charge is 0.325 e. The maximum atomic E-state index is 13.2. The Bertz CT molecular complexity index is 896. The fraction of sp³-hybridized carbons (Fsp3) is 0.118. The molecule has 0 bridgehead atoms. The van der Waals surface area contributed by atoms with Crippen molar-refractivity contribution in [1.29, 1.82) is 0 Å². The van der Waals surface area contributed by atoms with E-state index in [1.165, 1.54) is 17.8 Å². The molecule has 1 N–H and O–H groups in total. The highest BCUT2D eigenvalue weighted by Gasteiger charge is 2.11. The van der Waals surface area contributed by atoms with Gasteiger partial charge in [0.25, 0.3) is 0 Å². The summed E-state index contributed by atoms with van der Waals surface area (Å²) in [6, 6.07) is 11.0. The first-order chi connectivity index (χ1) is 12.0. The minimum atomic E-state index is -1.01. The number of nitrogens with one attached hydrogen (secondary N) is 1. The van der Waals surface area contributed by atoms with Gasteiger partial charge in [0, 0.05) is 17.4 Å². The van der Waals surface area contributed by atoms with E-state index in [2.05, 4.69) is 15.5 Å². The van der Waals surface area contributed by atoms with Gasteiger partial charge in [-0.3, -0.25) is 9.36 Å². The molecule has 3 rings (SSSR count). The van der Waals surface area contributed by atoms with Crippen molar-refractivity contribution in [3.63, 3.8) is 0 Å². The highest BCUT2D eigenvalue weighted by atomic mass is 32.2. The van der Waals surface area contributed by atoms with Crippen LogP contribution in [-0.4, -0.2) is 26.4 Å². The molecule has 0 atom stereocenters. The number of carbonyl (C=O) groups excluding carboxylic acids is 1. The summed E-state index contributed by atoms with van der Waals surface area (Å²) in [7, 11) is 0. The number of carbonyl (C=O) groups is 1. The van der Waals surface area contributed by atoms with Crippen molar-refractivity contribution < 1.29 is 13.6 Å². The second-order valence-electron chi connectivity index (χ2n) is 5.28. The SMILES string of the molecule is Cc1ccc(-n2cnnc2SCC(=O)Nc2ccc(F)c(F)c2)cc1. The van der Waals surface area contributed by atoms with Crippen LogP contribution in [0.1, 0.15) is 5.56 Å². The predicted octanol–water partition coefficient (Wildman–Crippen LogP) is 3.58. The Kier molecular flexibility index (Phi) is 5.08. The normalized spacial score (nSPS) is 10.7. The summed E-state index contributed by atoms with van der Waals surface area (Å²) in [5.41, 5.74) is 2.22. The molecular weight excluding hydrogens is 346 g/mol. The lowest BCUT2D eigenvalue weighted by atomic mass is 10.2. The molecule has 25 heavy (non-hydrogen) atoms. The molecule has 0 fully saturated rings. The van der Waals surface area contributed by atoms with Crippen molar-refractivity contribution in [2.24, 2.45) is 0 Å². The summed E-state index contributed by atoms with van der Waals surface area (Å²) in [4.78, 5) is 12.0. The van der Waals surface area contributed by atoms with E-state index in [-0.39, 0.29) is 17.3 Å². The molecular formula is C17H14F2N4OS. The third kappa shape index (κ3) is 4.21. The first-order valence-corrected chi connectivity index (χ1v) is 8.36. The van der Waals surface area contributed by atoms with Crippen molar-refractivity contribution >= 4 is 23.4 Å². The Morgan fingerprint density at radius 2 is 1.92 bits per heavy atom. The van der Waals surface area contributed by atoms with Crippen LogP contribution in [0, 0.1) is 18.6 Å². The number of rotatable bonds is 5. The number of aromatic nitrogens is 3. The number of benzene rings is 2. The van der Waals surface area contributed by atoms with Gasteiger partial charge in [0.1, 0.15) is 6.33 Å². The van der Waals surface area contributed by atoms with Gasteiger partial charge in [0.05, 0.1) is 5.75 Å². The number of amides is 1. The molecule has 0 saturated heterocycles. The second-order valence-corrected chi connectivity index (χ2v) is 6.23. The van der Waals surface area contributed by atoms with Crippen molar-refractivity contribution in [1.82, 2.24) is 14.8 Å². The van der Waals surface area contributed by atoms with Crippen molar-refractivity contribution in [2.75, 3.05) is 11.1 Å². The van der Waals surface area contributed by atoms with Gasteiger partial charge >= 0.3 is 0 Å². The standard InChI is InChI=1S/C17H14F2N4OS/c1-11-2-5-13(6-3-11)23-10-20-22-17(23)25-9-16(24)21-12-4-7-14(18)15(19)8-12/h2-8,10H,9H2,1H3,(H,21,24). The molecule has 0 aliphatic carbocycles. The molecule has 2 aromatic carbocycles. The summed E-state index contributed by atoms with van der Waals surface area (Å²) >= 11 is 1.20. The van der Waals surface area contributed by atoms with Gasteiger partial charge < -0.3 is 5.32 Å². The molecule has 0 spiro atoms. The Morgan fingerprint density at radius 1 is 1.16 bits per heavy atom. The van der Waals surface area contributed by atoms with Crippen LogP contribution in [0.2, 0.25) is 0 Å². The van der Waals surface area contributed by atoms with Crippen molar-refractivity contribution in [2.45, 2.75) is 12.1 Å². The minimum Gasteiger partial charge on any atom is -0.325 e. The molecule has 128 valence electrons. The third-order valence-electron chi connectivity index (χ3n) is 3.36. The Balaban J connectivity index is 1.64. The molecule has 1 aromatic heterocycles. The zero-order valence-electron chi connectivity index (χ0n) is 13.2. The average molecular weight is 360 g/mol. The van der Waals surface area contributed by atoms with Crippen LogP contribution in [-0.2, 0) is 4.79 Å². The molecule has 3 aromatic rings. The number of thioether (sulfide) groups is 1. The van der Waals surface area contributed by atoms with Gasteiger partial charge in [-0.1, -0.05) is 29.5 Å². The first kappa shape index (κ1) is 17.1. The van der Waals surface area contributed by atoms with Crippen molar-refractivity contribution in [3.8, 4) is 5.69 Å². The number of hydrogen-bond acceptors (Lipinski definition) is 4. The van der Waals surface area contributed by atoms with Crippen LogP contribution in [0.4, 0.5) is 14.5 Å². The summed E-state index contributed by atoms with van der Waals surface area (Å²) < 4.78 is 27.8. The number of nitrogens with zero attached hydrogens (tertiary/aromatic N) is 3. The van der Waals surface area contributed by atoms with E-state index in [0.717, 1.165) is 23.4 Å². The lowest BCUT2D eigenvalue weighted by molar-refractivity contribution is -0.113. The van der Waals surface area contributed by atoms with E-state index < -0.39 is 11.6 Å². The number of anilines is 1. The van der Waals surface area contributed by atoms with E-state index in [1.807, 2.05) is 31.2 Å². The maximum Gasteiger partial charge on any atom is 0.234 e. The van der Waals surface area contributed by atoms with E-state index in [1.54, 1.807) is 10.9 Å². The molecule has 0 aliphatic heterocycles. The van der Waals surface area contributed by atoms with Crippen molar-refractivity contribution in [3.05, 3.63) is 66.0 Å². The Labute approximate surface area is 147 Å². The zero-order chi connectivity index (χ0) is 17.8.